The van der Waals surface area contributed by atoms with Crippen LogP contribution >= 0.6 is 0 Å². The highest BCUT2D eigenvalue weighted by Crippen LogP contribution is 2.25. The van der Waals surface area contributed by atoms with Crippen LogP contribution in [0.1, 0.15) is 5.56 Å². The Bertz CT molecular complexity index is 1120. The number of rotatable bonds is 6. The van der Waals surface area contributed by atoms with Gasteiger partial charge in [0, 0.05) is 12.3 Å². The molecule has 0 aliphatic carbocycles. The van der Waals surface area contributed by atoms with Crippen molar-refractivity contribution in [2.75, 3.05) is 0 Å². The van der Waals surface area contributed by atoms with Gasteiger partial charge >= 0.3 is 10.5 Å². The fourth-order valence-corrected chi connectivity index (χ4v) is 2.70. The summed E-state index contributed by atoms with van der Waals surface area (Å²) in [7, 11) is -5.15. The predicted octanol–water partition coefficient (Wildman–Crippen LogP) is 3.49. The number of aromatic nitrogens is 1. The van der Waals surface area contributed by atoms with Crippen molar-refractivity contribution < 1.29 is 30.0 Å². The Morgan fingerprint density at radius 1 is 0.893 bits per heavy atom. The lowest BCUT2D eigenvalue weighted by Crippen LogP contribution is -2.04. The van der Waals surface area contributed by atoms with E-state index >= 15 is 0 Å². The molecule has 0 aliphatic heterocycles. The van der Waals surface area contributed by atoms with Gasteiger partial charge in [0.25, 0.3) is 0 Å². The van der Waals surface area contributed by atoms with Crippen LogP contribution in [0.5, 0.6) is 11.5 Å². The van der Waals surface area contributed by atoms with E-state index in [0.717, 1.165) is 24.3 Å². The minimum absolute atomic E-state index is 0.159. The fourth-order valence-electron chi connectivity index (χ4n) is 2.36. The van der Waals surface area contributed by atoms with Gasteiger partial charge in [-0.1, -0.05) is 3.89 Å². The van der Waals surface area contributed by atoms with E-state index in [0.29, 0.717) is 5.56 Å². The zero-order chi connectivity index (χ0) is 20.3. The second-order valence-electron chi connectivity index (χ2n) is 5.60. The maximum Gasteiger partial charge on any atom is 0.488 e. The van der Waals surface area contributed by atoms with Crippen molar-refractivity contribution in [1.29, 1.82) is 0 Å². The third-order valence-electron chi connectivity index (χ3n) is 3.66. The Morgan fingerprint density at radius 3 is 2.04 bits per heavy atom. The third kappa shape index (κ3) is 4.92. The first-order chi connectivity index (χ1) is 13.2. The lowest BCUT2D eigenvalue weighted by Gasteiger charge is -2.10. The van der Waals surface area contributed by atoms with Crippen molar-refractivity contribution in [3.8, 4) is 22.6 Å². The molecule has 1 N–H and O–H groups in total. The molecule has 0 fully saturated rings. The van der Waals surface area contributed by atoms with Gasteiger partial charge in [-0.3, -0.25) is 4.79 Å². The molecule has 0 amide bonds. The normalized spacial score (nSPS) is 11.2. The van der Waals surface area contributed by atoms with Crippen LogP contribution in [0.4, 0.5) is 12.7 Å². The van der Waals surface area contributed by atoms with Gasteiger partial charge in [-0.2, -0.15) is 8.42 Å². The minimum atomic E-state index is -5.15. The van der Waals surface area contributed by atoms with Gasteiger partial charge in [-0.25, -0.2) is 8.78 Å². The molecule has 0 aliphatic rings. The van der Waals surface area contributed by atoms with Gasteiger partial charge in [-0.05, 0) is 53.6 Å². The molecule has 0 radical (unpaired) electrons. The molecular formula is C18H12F3NO5S. The number of pyridine rings is 1. The van der Waals surface area contributed by atoms with Crippen LogP contribution in [0.2, 0.25) is 0 Å². The molecule has 1 aromatic heterocycles. The summed E-state index contributed by atoms with van der Waals surface area (Å²) in [5.41, 5.74) is 0.0160. The predicted molar refractivity (Wildman–Crippen MR) is 93.8 cm³/mol. The number of ether oxygens (including phenoxy) is 1. The summed E-state index contributed by atoms with van der Waals surface area (Å²) < 4.78 is 71.1. The van der Waals surface area contributed by atoms with E-state index in [-0.39, 0.29) is 28.2 Å². The number of benzene rings is 2. The smallest absolute Gasteiger partial charge is 0.488 e. The van der Waals surface area contributed by atoms with Crippen LogP contribution in [-0.4, -0.2) is 13.4 Å². The monoisotopic (exact) mass is 411 g/mol. The van der Waals surface area contributed by atoms with Crippen molar-refractivity contribution in [3.63, 3.8) is 0 Å². The maximum atomic E-state index is 14.3. The zero-order valence-corrected chi connectivity index (χ0v) is 14.8. The van der Waals surface area contributed by atoms with Crippen molar-refractivity contribution in [2.24, 2.45) is 0 Å². The summed E-state index contributed by atoms with van der Waals surface area (Å²) in [5, 5.41) is 0. The number of halogens is 3. The van der Waals surface area contributed by atoms with Gasteiger partial charge < -0.3 is 13.9 Å². The standard InChI is InChI=1S/C18H12F3NO5S/c19-16-7-12(11-1-6-18(23)22-9-11)8-17(20)15(16)10-26-13-2-4-14(5-3-13)27-28(21,24)25/h1-9H,10H2,(H,22,23). The Morgan fingerprint density at radius 2 is 1.50 bits per heavy atom. The second kappa shape index (κ2) is 7.77. The SMILES string of the molecule is O=c1ccc(-c2cc(F)c(COc3ccc(OS(=O)(=O)F)cc3)c(F)c2)c[nH]1. The molecule has 6 nitrogen and oxygen atoms in total. The third-order valence-corrected chi connectivity index (χ3v) is 4.05. The molecule has 1 heterocycles. The number of aromatic amines is 1. The van der Waals surface area contributed by atoms with E-state index in [1.54, 1.807) is 0 Å². The van der Waals surface area contributed by atoms with Crippen molar-refractivity contribution in [3.05, 3.63) is 82.3 Å². The largest absolute Gasteiger partial charge is 0.489 e. The molecule has 3 rings (SSSR count). The summed E-state index contributed by atoms with van der Waals surface area (Å²) >= 11 is 0. The first-order valence-electron chi connectivity index (χ1n) is 7.75. The fraction of sp³-hybridized carbons (Fsp3) is 0.0556. The summed E-state index contributed by atoms with van der Waals surface area (Å²) in [4.78, 5) is 13.5. The van der Waals surface area contributed by atoms with Gasteiger partial charge in [0.05, 0.1) is 5.56 Å². The average Bonchev–Trinajstić information content (AvgIpc) is 2.61. The van der Waals surface area contributed by atoms with Crippen molar-refractivity contribution in [1.82, 2.24) is 4.98 Å². The van der Waals surface area contributed by atoms with Crippen LogP contribution in [0.3, 0.4) is 0 Å². The Balaban J connectivity index is 1.74. The molecule has 0 bridgehead atoms. The van der Waals surface area contributed by atoms with Crippen molar-refractivity contribution in [2.45, 2.75) is 6.61 Å². The van der Waals surface area contributed by atoms with Crippen LogP contribution in [0.15, 0.2) is 59.5 Å². The van der Waals surface area contributed by atoms with Crippen LogP contribution < -0.4 is 14.5 Å². The van der Waals surface area contributed by atoms with Crippen LogP contribution in [-0.2, 0) is 17.1 Å². The highest BCUT2D eigenvalue weighted by molar-refractivity contribution is 7.81. The molecule has 0 saturated carbocycles. The molecule has 0 saturated heterocycles. The summed E-state index contributed by atoms with van der Waals surface area (Å²) in [5.74, 6) is -1.81. The molecule has 0 spiro atoms. The average molecular weight is 411 g/mol. The Kier molecular flexibility index (Phi) is 5.41. The second-order valence-corrected chi connectivity index (χ2v) is 6.55. The van der Waals surface area contributed by atoms with Crippen LogP contribution in [0.25, 0.3) is 11.1 Å². The van der Waals surface area contributed by atoms with E-state index in [4.69, 9.17) is 4.74 Å². The molecule has 146 valence electrons. The van der Waals surface area contributed by atoms with E-state index in [1.807, 2.05) is 0 Å². The Hall–Kier alpha value is -3.27. The number of nitrogens with one attached hydrogen (secondary N) is 1. The summed E-state index contributed by atoms with van der Waals surface area (Å²) in [6.45, 7) is -0.439. The lowest BCUT2D eigenvalue weighted by molar-refractivity contribution is 0.292. The van der Waals surface area contributed by atoms with E-state index in [2.05, 4.69) is 9.17 Å². The van der Waals surface area contributed by atoms with Gasteiger partial charge in [0.1, 0.15) is 29.7 Å². The lowest BCUT2D eigenvalue weighted by atomic mass is 10.0. The molecular weight excluding hydrogens is 399 g/mol. The molecule has 0 atom stereocenters. The van der Waals surface area contributed by atoms with Crippen molar-refractivity contribution >= 4 is 10.5 Å². The number of hydrogen-bond donors (Lipinski definition) is 1. The summed E-state index contributed by atoms with van der Waals surface area (Å²) in [6, 6.07) is 9.65. The highest BCUT2D eigenvalue weighted by atomic mass is 32.3. The van der Waals surface area contributed by atoms with Crippen LogP contribution in [0, 0.1) is 11.6 Å². The molecule has 3 aromatic rings. The van der Waals surface area contributed by atoms with E-state index in [1.165, 1.54) is 30.5 Å². The topological polar surface area (TPSA) is 85.5 Å². The molecule has 28 heavy (non-hydrogen) atoms. The first kappa shape index (κ1) is 19.5. The van der Waals surface area contributed by atoms with E-state index in [9.17, 15) is 25.9 Å². The Labute approximate surface area is 157 Å². The number of H-pyrrole nitrogens is 1. The molecule has 0 unspecified atom stereocenters. The maximum absolute atomic E-state index is 14.3. The van der Waals surface area contributed by atoms with Gasteiger partial charge in [-0.15, -0.1) is 0 Å². The van der Waals surface area contributed by atoms with Gasteiger partial charge in [0.2, 0.25) is 5.56 Å². The molecule has 10 heteroatoms. The quantitative estimate of drug-likeness (QED) is 0.628. The number of hydrogen-bond acceptors (Lipinski definition) is 5. The highest BCUT2D eigenvalue weighted by Gasteiger charge is 2.14. The molecule has 2 aromatic carbocycles. The minimum Gasteiger partial charge on any atom is -0.489 e. The summed E-state index contributed by atoms with van der Waals surface area (Å²) in [6.07, 6.45) is 1.34. The zero-order valence-electron chi connectivity index (χ0n) is 14.0. The first-order valence-corrected chi connectivity index (χ1v) is 9.06. The van der Waals surface area contributed by atoms with E-state index < -0.39 is 28.7 Å². The van der Waals surface area contributed by atoms with Gasteiger partial charge in [0.15, 0.2) is 0 Å².